The summed E-state index contributed by atoms with van der Waals surface area (Å²) in [4.78, 5) is 16.9. The molecule has 0 aliphatic heterocycles. The van der Waals surface area contributed by atoms with Crippen LogP contribution in [0.3, 0.4) is 0 Å². The number of carbonyl (C=O) groups excluding carboxylic acids is 1. The molecular formula is C10H11N3O2S. The van der Waals surface area contributed by atoms with Gasteiger partial charge < -0.3 is 15.8 Å². The predicted octanol–water partition coefficient (Wildman–Crippen LogP) is 1.25. The van der Waals surface area contributed by atoms with Gasteiger partial charge in [0.25, 0.3) is 5.91 Å². The van der Waals surface area contributed by atoms with Crippen LogP contribution in [-0.4, -0.2) is 25.0 Å². The molecule has 0 saturated heterocycles. The number of hydrogen-bond acceptors (Lipinski definition) is 5. The average Bonchev–Trinajstić information content (AvgIpc) is 2.65. The Labute approximate surface area is 96.2 Å². The number of fused-ring (bicyclic) bond motifs is 1. The Hall–Kier alpha value is -1.82. The van der Waals surface area contributed by atoms with Crippen molar-refractivity contribution in [3.8, 4) is 5.88 Å². The molecule has 6 heteroatoms. The molecule has 1 amide bonds. The van der Waals surface area contributed by atoms with Crippen molar-refractivity contribution in [2.24, 2.45) is 0 Å². The van der Waals surface area contributed by atoms with Gasteiger partial charge in [-0.05, 0) is 6.07 Å². The first-order valence-electron chi connectivity index (χ1n) is 4.62. The molecule has 2 aromatic rings. The number of thiophene rings is 1. The predicted molar refractivity (Wildman–Crippen MR) is 64.0 cm³/mol. The quantitative estimate of drug-likeness (QED) is 0.824. The van der Waals surface area contributed by atoms with Gasteiger partial charge in [-0.15, -0.1) is 11.3 Å². The van der Waals surface area contributed by atoms with Gasteiger partial charge in [-0.1, -0.05) is 0 Å². The molecule has 0 aliphatic carbocycles. The summed E-state index contributed by atoms with van der Waals surface area (Å²) in [6.07, 6.45) is 0. The summed E-state index contributed by atoms with van der Waals surface area (Å²) >= 11 is 1.26. The van der Waals surface area contributed by atoms with Gasteiger partial charge in [0.1, 0.15) is 9.71 Å². The van der Waals surface area contributed by atoms with E-state index in [9.17, 15) is 4.79 Å². The molecule has 0 unspecified atom stereocenters. The molecule has 0 radical (unpaired) electrons. The Morgan fingerprint density at radius 3 is 2.94 bits per heavy atom. The lowest BCUT2D eigenvalue weighted by molar-refractivity contribution is 0.0968. The summed E-state index contributed by atoms with van der Waals surface area (Å²) in [6, 6.07) is 3.53. The van der Waals surface area contributed by atoms with E-state index in [0.717, 1.165) is 5.39 Å². The summed E-state index contributed by atoms with van der Waals surface area (Å²) in [5, 5.41) is 3.33. The SMILES string of the molecule is CNC(=O)c1sc2nc(OC)ccc2c1N. The van der Waals surface area contributed by atoms with Crippen LogP contribution in [0.15, 0.2) is 12.1 Å². The largest absolute Gasteiger partial charge is 0.481 e. The van der Waals surface area contributed by atoms with E-state index in [1.165, 1.54) is 11.3 Å². The zero-order valence-corrected chi connectivity index (χ0v) is 9.72. The number of hydrogen-bond donors (Lipinski definition) is 2. The van der Waals surface area contributed by atoms with Crippen molar-refractivity contribution < 1.29 is 9.53 Å². The number of methoxy groups -OCH3 is 1. The number of carbonyl (C=O) groups is 1. The number of nitrogens with zero attached hydrogens (tertiary/aromatic N) is 1. The molecule has 2 rings (SSSR count). The molecule has 0 saturated carbocycles. The summed E-state index contributed by atoms with van der Waals surface area (Å²) in [7, 11) is 3.12. The number of aromatic nitrogens is 1. The Balaban J connectivity index is 2.63. The van der Waals surface area contributed by atoms with Gasteiger partial charge in [0.15, 0.2) is 0 Å². The standard InChI is InChI=1S/C10H11N3O2S/c1-12-9(14)8-7(11)5-3-4-6(15-2)13-10(5)16-8/h3-4H,11H2,1-2H3,(H,12,14). The third-order valence-corrected chi connectivity index (χ3v) is 3.32. The van der Waals surface area contributed by atoms with E-state index in [2.05, 4.69) is 10.3 Å². The van der Waals surface area contributed by atoms with Crippen LogP contribution in [0.25, 0.3) is 10.2 Å². The summed E-state index contributed by atoms with van der Waals surface area (Å²) in [5.41, 5.74) is 6.34. The van der Waals surface area contributed by atoms with E-state index >= 15 is 0 Å². The van der Waals surface area contributed by atoms with Crippen LogP contribution < -0.4 is 15.8 Å². The highest BCUT2D eigenvalue weighted by molar-refractivity contribution is 7.21. The van der Waals surface area contributed by atoms with Crippen molar-refractivity contribution in [1.29, 1.82) is 0 Å². The van der Waals surface area contributed by atoms with E-state index in [1.807, 2.05) is 0 Å². The van der Waals surface area contributed by atoms with Crippen LogP contribution in [0.5, 0.6) is 5.88 Å². The zero-order chi connectivity index (χ0) is 11.7. The molecule has 3 N–H and O–H groups in total. The number of nitrogens with two attached hydrogens (primary N) is 1. The summed E-state index contributed by atoms with van der Waals surface area (Å²) in [6.45, 7) is 0. The monoisotopic (exact) mass is 237 g/mol. The minimum atomic E-state index is -0.195. The molecule has 84 valence electrons. The van der Waals surface area contributed by atoms with Gasteiger partial charge in [0, 0.05) is 18.5 Å². The molecule has 0 bridgehead atoms. The maximum atomic E-state index is 11.5. The van der Waals surface area contributed by atoms with Crippen LogP contribution in [0.2, 0.25) is 0 Å². The molecule has 0 atom stereocenters. The van der Waals surface area contributed by atoms with Crippen LogP contribution in [-0.2, 0) is 0 Å². The van der Waals surface area contributed by atoms with Crippen molar-refractivity contribution in [1.82, 2.24) is 10.3 Å². The molecular weight excluding hydrogens is 226 g/mol. The Bertz CT molecular complexity index is 550. The second-order valence-corrected chi connectivity index (χ2v) is 4.13. The fraction of sp³-hybridized carbons (Fsp3) is 0.200. The van der Waals surface area contributed by atoms with Gasteiger partial charge in [-0.2, -0.15) is 0 Å². The molecule has 0 aliphatic rings. The average molecular weight is 237 g/mol. The molecule has 5 nitrogen and oxygen atoms in total. The first-order valence-corrected chi connectivity index (χ1v) is 5.44. The van der Waals surface area contributed by atoms with Gasteiger partial charge >= 0.3 is 0 Å². The van der Waals surface area contributed by atoms with Crippen LogP contribution in [0, 0.1) is 0 Å². The summed E-state index contributed by atoms with van der Waals surface area (Å²) in [5.74, 6) is 0.316. The molecule has 2 aromatic heterocycles. The van der Waals surface area contributed by atoms with Crippen LogP contribution in [0.1, 0.15) is 9.67 Å². The lowest BCUT2D eigenvalue weighted by atomic mass is 10.2. The fourth-order valence-electron chi connectivity index (χ4n) is 1.38. The topological polar surface area (TPSA) is 77.2 Å². The van der Waals surface area contributed by atoms with E-state index in [0.29, 0.717) is 21.3 Å². The van der Waals surface area contributed by atoms with Crippen LogP contribution in [0.4, 0.5) is 5.69 Å². The third-order valence-electron chi connectivity index (χ3n) is 2.21. The van der Waals surface area contributed by atoms with Gasteiger partial charge in [-0.25, -0.2) is 4.98 Å². The van der Waals surface area contributed by atoms with Gasteiger partial charge in [0.05, 0.1) is 12.8 Å². The van der Waals surface area contributed by atoms with Crippen molar-refractivity contribution in [3.63, 3.8) is 0 Å². The van der Waals surface area contributed by atoms with Gasteiger partial charge in [-0.3, -0.25) is 4.79 Å². The molecule has 0 spiro atoms. The minimum Gasteiger partial charge on any atom is -0.481 e. The maximum absolute atomic E-state index is 11.5. The molecule has 0 fully saturated rings. The number of anilines is 1. The lowest BCUT2D eigenvalue weighted by Gasteiger charge is -1.97. The zero-order valence-electron chi connectivity index (χ0n) is 8.90. The van der Waals surface area contributed by atoms with Crippen molar-refractivity contribution in [3.05, 3.63) is 17.0 Å². The van der Waals surface area contributed by atoms with E-state index in [1.54, 1.807) is 26.3 Å². The lowest BCUT2D eigenvalue weighted by Crippen LogP contribution is -2.17. The van der Waals surface area contributed by atoms with E-state index < -0.39 is 0 Å². The second-order valence-electron chi connectivity index (χ2n) is 3.13. The fourth-order valence-corrected chi connectivity index (χ4v) is 2.41. The van der Waals surface area contributed by atoms with Crippen molar-refractivity contribution >= 4 is 33.1 Å². The highest BCUT2D eigenvalue weighted by Crippen LogP contribution is 2.33. The first-order chi connectivity index (χ1) is 7.67. The van der Waals surface area contributed by atoms with Crippen LogP contribution >= 0.6 is 11.3 Å². The van der Waals surface area contributed by atoms with E-state index in [-0.39, 0.29) is 5.91 Å². The Morgan fingerprint density at radius 1 is 1.56 bits per heavy atom. The first kappa shape index (κ1) is 10.7. The van der Waals surface area contributed by atoms with Crippen molar-refractivity contribution in [2.45, 2.75) is 0 Å². The normalized spacial score (nSPS) is 10.4. The van der Waals surface area contributed by atoms with Gasteiger partial charge in [0.2, 0.25) is 5.88 Å². The Morgan fingerprint density at radius 2 is 2.31 bits per heavy atom. The summed E-state index contributed by atoms with van der Waals surface area (Å²) < 4.78 is 5.01. The minimum absolute atomic E-state index is 0.195. The number of rotatable bonds is 2. The highest BCUT2D eigenvalue weighted by Gasteiger charge is 2.16. The molecule has 2 heterocycles. The smallest absolute Gasteiger partial charge is 0.263 e. The Kier molecular flexibility index (Phi) is 2.66. The number of amides is 1. The molecule has 0 aromatic carbocycles. The maximum Gasteiger partial charge on any atom is 0.263 e. The number of pyridine rings is 1. The highest BCUT2D eigenvalue weighted by atomic mass is 32.1. The number of nitrogen functional groups attached to an aromatic ring is 1. The molecule has 16 heavy (non-hydrogen) atoms. The number of ether oxygens (including phenoxy) is 1. The van der Waals surface area contributed by atoms with Crippen molar-refractivity contribution in [2.75, 3.05) is 19.9 Å². The van der Waals surface area contributed by atoms with E-state index in [4.69, 9.17) is 10.5 Å². The number of nitrogens with one attached hydrogen (secondary N) is 1. The third kappa shape index (κ3) is 1.57. The second kappa shape index (κ2) is 3.97.